The van der Waals surface area contributed by atoms with Gasteiger partial charge in [0.05, 0.1) is 24.7 Å². The molecule has 0 fully saturated rings. The van der Waals surface area contributed by atoms with Crippen LogP contribution in [0.5, 0.6) is 5.75 Å². The zero-order valence-electron chi connectivity index (χ0n) is 14.3. The van der Waals surface area contributed by atoms with Crippen molar-refractivity contribution in [3.8, 4) is 5.75 Å². The molecule has 0 unspecified atom stereocenters. The fourth-order valence-corrected chi connectivity index (χ4v) is 2.37. The van der Waals surface area contributed by atoms with Gasteiger partial charge in [-0.15, -0.1) is 0 Å². The summed E-state index contributed by atoms with van der Waals surface area (Å²) in [6, 6.07) is 10.0. The molecule has 130 valence electrons. The maximum atomic E-state index is 12.0. The lowest BCUT2D eigenvalue weighted by Crippen LogP contribution is -2.20. The van der Waals surface area contributed by atoms with Crippen LogP contribution in [0.25, 0.3) is 0 Å². The van der Waals surface area contributed by atoms with E-state index < -0.39 is 4.92 Å². The van der Waals surface area contributed by atoms with Crippen molar-refractivity contribution < 1.29 is 14.5 Å². The Bertz CT molecular complexity index is 831. The van der Waals surface area contributed by atoms with Crippen LogP contribution in [0.1, 0.15) is 22.3 Å². The summed E-state index contributed by atoms with van der Waals surface area (Å²) in [7, 11) is 1.46. The van der Waals surface area contributed by atoms with Crippen molar-refractivity contribution in [1.29, 1.82) is 0 Å². The number of carbonyl (C=O) groups excluding carboxylic acids is 1. The lowest BCUT2D eigenvalue weighted by atomic mass is 10.0. The second-order valence-electron chi connectivity index (χ2n) is 5.58. The monoisotopic (exact) mass is 341 g/mol. The minimum absolute atomic E-state index is 0.0798. The number of hydrazone groups is 1. The van der Waals surface area contributed by atoms with Crippen molar-refractivity contribution in [1.82, 2.24) is 5.43 Å². The summed E-state index contributed by atoms with van der Waals surface area (Å²) in [5, 5.41) is 14.7. The highest BCUT2D eigenvalue weighted by molar-refractivity contribution is 5.86. The number of nitro groups is 1. The molecule has 25 heavy (non-hydrogen) atoms. The molecule has 0 bridgehead atoms. The second-order valence-corrected chi connectivity index (χ2v) is 5.58. The quantitative estimate of drug-likeness (QED) is 0.496. The van der Waals surface area contributed by atoms with E-state index in [1.54, 1.807) is 0 Å². The fraction of sp³-hybridized carbons (Fsp3) is 0.222. The van der Waals surface area contributed by atoms with Crippen molar-refractivity contribution in [2.75, 3.05) is 7.11 Å². The number of non-ortho nitro benzene ring substituents is 1. The number of hydrogen-bond donors (Lipinski definition) is 1. The molecule has 0 radical (unpaired) electrons. The number of hydrogen-bond acceptors (Lipinski definition) is 5. The van der Waals surface area contributed by atoms with Gasteiger partial charge in [-0.25, -0.2) is 5.43 Å². The van der Waals surface area contributed by atoms with E-state index in [0.717, 1.165) is 16.7 Å². The lowest BCUT2D eigenvalue weighted by molar-refractivity contribution is -0.384. The van der Waals surface area contributed by atoms with Crippen LogP contribution in [0.15, 0.2) is 41.5 Å². The normalized spacial score (nSPS) is 10.7. The van der Waals surface area contributed by atoms with Gasteiger partial charge in [-0.3, -0.25) is 14.9 Å². The van der Waals surface area contributed by atoms with Gasteiger partial charge < -0.3 is 4.74 Å². The highest BCUT2D eigenvalue weighted by Gasteiger charge is 2.10. The second kappa shape index (κ2) is 8.05. The summed E-state index contributed by atoms with van der Waals surface area (Å²) < 4.78 is 5.13. The number of carbonyl (C=O) groups is 1. The van der Waals surface area contributed by atoms with Crippen LogP contribution < -0.4 is 10.2 Å². The van der Waals surface area contributed by atoms with E-state index in [2.05, 4.69) is 10.5 Å². The molecule has 1 amide bonds. The van der Waals surface area contributed by atoms with Crippen LogP contribution in [0.2, 0.25) is 0 Å². The Hall–Kier alpha value is -3.22. The summed E-state index contributed by atoms with van der Waals surface area (Å²) in [6.07, 6.45) is 1.53. The smallest absolute Gasteiger partial charge is 0.270 e. The molecule has 7 nitrogen and oxygen atoms in total. The molecule has 0 heterocycles. The number of amides is 1. The molecular weight excluding hydrogens is 322 g/mol. The Morgan fingerprint density at radius 1 is 1.28 bits per heavy atom. The molecule has 0 spiro atoms. The molecule has 2 aromatic carbocycles. The van der Waals surface area contributed by atoms with Crippen molar-refractivity contribution in [3.63, 3.8) is 0 Å². The van der Waals surface area contributed by atoms with E-state index in [1.807, 2.05) is 32.0 Å². The van der Waals surface area contributed by atoms with Gasteiger partial charge in [0.25, 0.3) is 5.69 Å². The minimum atomic E-state index is -0.504. The number of ether oxygens (including phenoxy) is 1. The first-order chi connectivity index (χ1) is 11.9. The maximum Gasteiger partial charge on any atom is 0.270 e. The topological polar surface area (TPSA) is 93.8 Å². The van der Waals surface area contributed by atoms with Crippen molar-refractivity contribution in [2.45, 2.75) is 20.3 Å². The van der Waals surface area contributed by atoms with Crippen molar-refractivity contribution >= 4 is 17.8 Å². The van der Waals surface area contributed by atoms with Gasteiger partial charge in [0, 0.05) is 17.7 Å². The van der Waals surface area contributed by atoms with Crippen molar-refractivity contribution in [3.05, 3.63) is 68.8 Å². The fourth-order valence-electron chi connectivity index (χ4n) is 2.37. The molecule has 2 aromatic rings. The number of methoxy groups -OCH3 is 1. The van der Waals surface area contributed by atoms with Gasteiger partial charge in [0.1, 0.15) is 5.75 Å². The molecule has 0 aliphatic carbocycles. The summed E-state index contributed by atoms with van der Waals surface area (Å²) in [6.45, 7) is 3.94. The van der Waals surface area contributed by atoms with Gasteiger partial charge in [0.2, 0.25) is 5.91 Å². The third kappa shape index (κ3) is 4.87. The molecule has 0 aliphatic rings. The van der Waals surface area contributed by atoms with Gasteiger partial charge in [-0.2, -0.15) is 5.10 Å². The maximum absolute atomic E-state index is 12.0. The lowest BCUT2D eigenvalue weighted by Gasteiger charge is -2.06. The van der Waals surface area contributed by atoms with E-state index in [0.29, 0.717) is 11.3 Å². The van der Waals surface area contributed by atoms with Crippen LogP contribution in [0.3, 0.4) is 0 Å². The molecule has 1 N–H and O–H groups in total. The summed E-state index contributed by atoms with van der Waals surface area (Å²) >= 11 is 0. The van der Waals surface area contributed by atoms with Gasteiger partial charge in [-0.1, -0.05) is 23.8 Å². The molecule has 0 atom stereocenters. The molecule has 0 saturated carbocycles. The summed E-state index contributed by atoms with van der Waals surface area (Å²) in [5.74, 6) is 0.158. The largest absolute Gasteiger partial charge is 0.496 e. The third-order valence-electron chi connectivity index (χ3n) is 3.67. The molecule has 0 aliphatic heterocycles. The Morgan fingerprint density at radius 2 is 2.04 bits per heavy atom. The molecular formula is C18H19N3O4. The van der Waals surface area contributed by atoms with Gasteiger partial charge >= 0.3 is 0 Å². The Labute approximate surface area is 145 Å². The highest BCUT2D eigenvalue weighted by Crippen LogP contribution is 2.22. The Balaban J connectivity index is 2.06. The van der Waals surface area contributed by atoms with Crippen LogP contribution in [-0.2, 0) is 11.2 Å². The van der Waals surface area contributed by atoms with E-state index >= 15 is 0 Å². The molecule has 7 heteroatoms. The van der Waals surface area contributed by atoms with E-state index in [1.165, 1.54) is 31.5 Å². The Kier molecular flexibility index (Phi) is 5.84. The third-order valence-corrected chi connectivity index (χ3v) is 3.67. The molecule has 0 aromatic heterocycles. The SMILES string of the molecule is COc1ccc([N+](=O)[O-])cc1/C=N/NC(=O)Cc1ccc(C)cc1C. The first-order valence-corrected chi connectivity index (χ1v) is 7.61. The predicted octanol–water partition coefficient (Wildman–Crippen LogP) is 2.91. The molecule has 2 rings (SSSR count). The molecule has 0 saturated heterocycles. The number of aryl methyl sites for hydroxylation is 2. The summed E-state index contributed by atoms with van der Waals surface area (Å²) in [5.41, 5.74) is 5.85. The zero-order valence-corrected chi connectivity index (χ0v) is 14.3. The van der Waals surface area contributed by atoms with Crippen LogP contribution in [0.4, 0.5) is 5.69 Å². The number of benzene rings is 2. The number of rotatable bonds is 6. The average molecular weight is 341 g/mol. The van der Waals surface area contributed by atoms with E-state index in [-0.39, 0.29) is 18.0 Å². The van der Waals surface area contributed by atoms with E-state index in [9.17, 15) is 14.9 Å². The van der Waals surface area contributed by atoms with Gasteiger partial charge in [0.15, 0.2) is 0 Å². The standard InChI is InChI=1S/C18H19N3O4/c1-12-4-5-14(13(2)8-12)10-18(22)20-19-11-15-9-16(21(23)24)6-7-17(15)25-3/h4-9,11H,10H2,1-3H3,(H,20,22)/b19-11+. The van der Waals surface area contributed by atoms with Gasteiger partial charge in [-0.05, 0) is 31.0 Å². The van der Waals surface area contributed by atoms with Crippen LogP contribution in [-0.4, -0.2) is 24.2 Å². The highest BCUT2D eigenvalue weighted by atomic mass is 16.6. The van der Waals surface area contributed by atoms with E-state index in [4.69, 9.17) is 4.74 Å². The summed E-state index contributed by atoms with van der Waals surface area (Å²) in [4.78, 5) is 22.3. The predicted molar refractivity (Wildman–Crippen MR) is 95.0 cm³/mol. The number of nitro benzene ring substituents is 1. The van der Waals surface area contributed by atoms with Crippen molar-refractivity contribution in [2.24, 2.45) is 5.10 Å². The minimum Gasteiger partial charge on any atom is -0.496 e. The van der Waals surface area contributed by atoms with Crippen LogP contribution >= 0.6 is 0 Å². The number of nitrogens with zero attached hydrogens (tertiary/aromatic N) is 2. The first-order valence-electron chi connectivity index (χ1n) is 7.61. The van der Waals surface area contributed by atoms with Crippen LogP contribution in [0, 0.1) is 24.0 Å². The Morgan fingerprint density at radius 3 is 2.68 bits per heavy atom. The number of nitrogens with one attached hydrogen (secondary N) is 1. The first kappa shape index (κ1) is 18.1. The zero-order chi connectivity index (χ0) is 18.4. The average Bonchev–Trinajstić information content (AvgIpc) is 2.57.